The number of thioether (sulfide) groups is 1. The van der Waals surface area contributed by atoms with E-state index >= 15 is 0 Å². The van der Waals surface area contributed by atoms with Crippen LogP contribution >= 0.6 is 11.8 Å². The summed E-state index contributed by atoms with van der Waals surface area (Å²) in [6.07, 6.45) is 1.99. The van der Waals surface area contributed by atoms with Crippen LogP contribution in [0.15, 0.2) is 24.3 Å². The molecule has 1 aliphatic rings. The largest absolute Gasteiger partial charge is 0.481 e. The Morgan fingerprint density at radius 2 is 2.19 bits per heavy atom. The minimum Gasteiger partial charge on any atom is -0.481 e. The Labute approximate surface area is 128 Å². The maximum atomic E-state index is 12.3. The molecule has 5 nitrogen and oxygen atoms in total. The Morgan fingerprint density at radius 3 is 2.86 bits per heavy atom. The number of hydrogen-bond acceptors (Lipinski definition) is 3. The molecule has 21 heavy (non-hydrogen) atoms. The van der Waals surface area contributed by atoms with Crippen LogP contribution in [0.25, 0.3) is 0 Å². The van der Waals surface area contributed by atoms with Crippen LogP contribution in [0.2, 0.25) is 0 Å². The molecule has 1 heterocycles. The van der Waals surface area contributed by atoms with Crippen molar-refractivity contribution in [1.29, 1.82) is 0 Å². The number of aliphatic carboxylic acids is 1. The summed E-state index contributed by atoms with van der Waals surface area (Å²) in [7, 11) is 0. The van der Waals surface area contributed by atoms with Crippen molar-refractivity contribution in [2.75, 3.05) is 18.6 Å². The molecule has 1 aromatic rings. The predicted octanol–water partition coefficient (Wildman–Crippen LogP) is 2.13. The molecular formula is C15H20N2O3S. The molecule has 6 heteroatoms. The summed E-state index contributed by atoms with van der Waals surface area (Å²) in [6.45, 7) is 2.61. The first-order chi connectivity index (χ1) is 10.0. The maximum absolute atomic E-state index is 12.3. The SMILES string of the molecule is CSCC(C)NC(=O)N1Cc2ccccc2C(C(=O)O)C1. The highest BCUT2D eigenvalue weighted by Crippen LogP contribution is 2.28. The van der Waals surface area contributed by atoms with Gasteiger partial charge in [0.05, 0.1) is 5.92 Å². The van der Waals surface area contributed by atoms with E-state index in [2.05, 4.69) is 5.32 Å². The Kier molecular flexibility index (Phi) is 5.12. The van der Waals surface area contributed by atoms with E-state index in [0.717, 1.165) is 16.9 Å². The third-order valence-electron chi connectivity index (χ3n) is 3.57. The fraction of sp³-hybridized carbons (Fsp3) is 0.467. The zero-order valence-electron chi connectivity index (χ0n) is 12.2. The molecular weight excluding hydrogens is 288 g/mol. The second-order valence-corrected chi connectivity index (χ2v) is 6.19. The highest BCUT2D eigenvalue weighted by Gasteiger charge is 2.32. The van der Waals surface area contributed by atoms with E-state index in [1.54, 1.807) is 16.7 Å². The molecule has 0 aromatic heterocycles. The molecule has 1 aromatic carbocycles. The van der Waals surface area contributed by atoms with E-state index in [-0.39, 0.29) is 18.6 Å². The van der Waals surface area contributed by atoms with Crippen molar-refractivity contribution in [1.82, 2.24) is 10.2 Å². The van der Waals surface area contributed by atoms with Crippen molar-refractivity contribution in [3.05, 3.63) is 35.4 Å². The van der Waals surface area contributed by atoms with E-state index in [4.69, 9.17) is 0 Å². The normalized spacial score (nSPS) is 18.8. The lowest BCUT2D eigenvalue weighted by atomic mass is 9.90. The van der Waals surface area contributed by atoms with Gasteiger partial charge in [0.15, 0.2) is 0 Å². The minimum atomic E-state index is -0.892. The first-order valence-corrected chi connectivity index (χ1v) is 8.27. The number of amides is 2. The number of fused-ring (bicyclic) bond motifs is 1. The smallest absolute Gasteiger partial charge is 0.317 e. The Hall–Kier alpha value is -1.69. The number of urea groups is 1. The van der Waals surface area contributed by atoms with Crippen LogP contribution in [0, 0.1) is 0 Å². The van der Waals surface area contributed by atoms with Gasteiger partial charge in [0.1, 0.15) is 0 Å². The van der Waals surface area contributed by atoms with Crippen LogP contribution in [-0.4, -0.2) is 46.6 Å². The summed E-state index contributed by atoms with van der Waals surface area (Å²) in [5.41, 5.74) is 1.72. The van der Waals surface area contributed by atoms with Crippen molar-refractivity contribution in [3.8, 4) is 0 Å². The number of rotatable bonds is 4. The first kappa shape index (κ1) is 15.7. The number of carboxylic acid groups (broad SMARTS) is 1. The quantitative estimate of drug-likeness (QED) is 0.894. The number of hydrogen-bond donors (Lipinski definition) is 2. The van der Waals surface area contributed by atoms with Gasteiger partial charge in [0.2, 0.25) is 0 Å². The van der Waals surface area contributed by atoms with Crippen molar-refractivity contribution in [3.63, 3.8) is 0 Å². The predicted molar refractivity (Wildman–Crippen MR) is 83.6 cm³/mol. The number of nitrogens with zero attached hydrogens (tertiary/aromatic N) is 1. The van der Waals surface area contributed by atoms with Crippen LogP contribution in [0.1, 0.15) is 24.0 Å². The fourth-order valence-corrected chi connectivity index (χ4v) is 3.15. The Bertz CT molecular complexity index is 535. The van der Waals surface area contributed by atoms with Gasteiger partial charge in [-0.25, -0.2) is 4.79 Å². The van der Waals surface area contributed by atoms with Crippen molar-refractivity contribution in [2.45, 2.75) is 25.4 Å². The van der Waals surface area contributed by atoms with Gasteiger partial charge < -0.3 is 15.3 Å². The van der Waals surface area contributed by atoms with E-state index in [0.29, 0.717) is 6.54 Å². The molecule has 0 bridgehead atoms. The summed E-state index contributed by atoms with van der Waals surface area (Å²) >= 11 is 1.67. The second kappa shape index (κ2) is 6.85. The average Bonchev–Trinajstić information content (AvgIpc) is 2.46. The zero-order chi connectivity index (χ0) is 15.4. The van der Waals surface area contributed by atoms with Gasteiger partial charge in [-0.1, -0.05) is 24.3 Å². The van der Waals surface area contributed by atoms with Gasteiger partial charge in [-0.2, -0.15) is 11.8 Å². The molecule has 0 saturated heterocycles. The fourth-order valence-electron chi connectivity index (χ4n) is 2.57. The highest BCUT2D eigenvalue weighted by atomic mass is 32.2. The van der Waals surface area contributed by atoms with E-state index in [1.165, 1.54) is 0 Å². The van der Waals surface area contributed by atoms with Gasteiger partial charge in [0.25, 0.3) is 0 Å². The van der Waals surface area contributed by atoms with Crippen LogP contribution in [0.4, 0.5) is 4.79 Å². The lowest BCUT2D eigenvalue weighted by Crippen LogP contribution is -2.48. The molecule has 2 N–H and O–H groups in total. The molecule has 2 atom stereocenters. The van der Waals surface area contributed by atoms with Crippen LogP contribution in [0.5, 0.6) is 0 Å². The molecule has 0 spiro atoms. The molecule has 2 rings (SSSR count). The maximum Gasteiger partial charge on any atom is 0.317 e. The van der Waals surface area contributed by atoms with Gasteiger partial charge in [-0.15, -0.1) is 0 Å². The number of carboxylic acids is 1. The lowest BCUT2D eigenvalue weighted by Gasteiger charge is -2.33. The number of carbonyl (C=O) groups is 2. The summed E-state index contributed by atoms with van der Waals surface area (Å²) in [5, 5.41) is 12.3. The average molecular weight is 308 g/mol. The monoisotopic (exact) mass is 308 g/mol. The third kappa shape index (κ3) is 3.69. The standard InChI is InChI=1S/C15H20N2O3S/c1-10(9-21-2)16-15(20)17-7-11-5-3-4-6-12(11)13(8-17)14(18)19/h3-6,10,13H,7-9H2,1-2H3,(H,16,20)(H,18,19). The van der Waals surface area contributed by atoms with Crippen molar-refractivity contribution in [2.24, 2.45) is 0 Å². The summed E-state index contributed by atoms with van der Waals surface area (Å²) < 4.78 is 0. The highest BCUT2D eigenvalue weighted by molar-refractivity contribution is 7.98. The molecule has 0 radical (unpaired) electrons. The van der Waals surface area contributed by atoms with Gasteiger partial charge >= 0.3 is 12.0 Å². The van der Waals surface area contributed by atoms with E-state index in [9.17, 15) is 14.7 Å². The molecule has 0 fully saturated rings. The van der Waals surface area contributed by atoms with Gasteiger partial charge in [-0.05, 0) is 24.3 Å². The molecule has 2 unspecified atom stereocenters. The molecule has 2 amide bonds. The minimum absolute atomic E-state index is 0.0629. The van der Waals surface area contributed by atoms with Crippen molar-refractivity contribution >= 4 is 23.8 Å². The van der Waals surface area contributed by atoms with Crippen LogP contribution in [0.3, 0.4) is 0 Å². The molecule has 0 saturated carbocycles. The second-order valence-electron chi connectivity index (χ2n) is 5.28. The zero-order valence-corrected chi connectivity index (χ0v) is 13.0. The summed E-state index contributed by atoms with van der Waals surface area (Å²) in [6, 6.07) is 7.29. The topological polar surface area (TPSA) is 69.6 Å². The van der Waals surface area contributed by atoms with Crippen LogP contribution in [-0.2, 0) is 11.3 Å². The number of carbonyl (C=O) groups excluding carboxylic acids is 1. The lowest BCUT2D eigenvalue weighted by molar-refractivity contribution is -0.139. The number of nitrogens with one attached hydrogen (secondary N) is 1. The molecule has 114 valence electrons. The van der Waals surface area contributed by atoms with E-state index in [1.807, 2.05) is 37.4 Å². The Balaban J connectivity index is 2.14. The van der Waals surface area contributed by atoms with Crippen molar-refractivity contribution < 1.29 is 14.7 Å². The third-order valence-corrected chi connectivity index (χ3v) is 4.40. The summed E-state index contributed by atoms with van der Waals surface area (Å²) in [5.74, 6) is -0.716. The Morgan fingerprint density at radius 1 is 1.48 bits per heavy atom. The van der Waals surface area contributed by atoms with E-state index < -0.39 is 11.9 Å². The summed E-state index contributed by atoms with van der Waals surface area (Å²) in [4.78, 5) is 25.3. The molecule has 0 aliphatic carbocycles. The van der Waals surface area contributed by atoms with Gasteiger partial charge in [0, 0.05) is 24.9 Å². The first-order valence-electron chi connectivity index (χ1n) is 6.88. The van der Waals surface area contributed by atoms with Gasteiger partial charge in [-0.3, -0.25) is 4.79 Å². The van der Waals surface area contributed by atoms with Crippen LogP contribution < -0.4 is 5.32 Å². The molecule has 1 aliphatic heterocycles. The number of benzene rings is 1.